The molecule has 16 heavy (non-hydrogen) atoms. The van der Waals surface area contributed by atoms with Gasteiger partial charge in [0.2, 0.25) is 5.91 Å². The number of hydrogen-bond acceptors (Lipinski definition) is 4. The Morgan fingerprint density at radius 3 is 3.00 bits per heavy atom. The molecule has 2 aromatic rings. The second-order valence-corrected chi connectivity index (χ2v) is 3.75. The molecule has 0 spiro atoms. The van der Waals surface area contributed by atoms with E-state index < -0.39 is 0 Å². The molecule has 0 radical (unpaired) electrons. The van der Waals surface area contributed by atoms with E-state index in [1.54, 1.807) is 0 Å². The van der Waals surface area contributed by atoms with Gasteiger partial charge in [0.15, 0.2) is 12.0 Å². The summed E-state index contributed by atoms with van der Waals surface area (Å²) >= 11 is 0. The predicted molar refractivity (Wildman–Crippen MR) is 59.4 cm³/mol. The average Bonchev–Trinajstić information content (AvgIpc) is 2.73. The van der Waals surface area contributed by atoms with Crippen LogP contribution in [0.4, 0.5) is 0 Å². The van der Waals surface area contributed by atoms with Crippen LogP contribution >= 0.6 is 0 Å². The van der Waals surface area contributed by atoms with E-state index in [2.05, 4.69) is 4.98 Å². The summed E-state index contributed by atoms with van der Waals surface area (Å²) in [4.78, 5) is 15.7. The molecule has 1 heterocycles. The Labute approximate surface area is 92.8 Å². The first-order valence-corrected chi connectivity index (χ1v) is 4.95. The van der Waals surface area contributed by atoms with Gasteiger partial charge in [0, 0.05) is 7.05 Å². The van der Waals surface area contributed by atoms with Crippen molar-refractivity contribution in [3.63, 3.8) is 0 Å². The van der Waals surface area contributed by atoms with Crippen LogP contribution in [0.3, 0.4) is 0 Å². The van der Waals surface area contributed by atoms with Crippen LogP contribution in [0.5, 0.6) is 0 Å². The number of nitrogens with zero attached hydrogens (tertiary/aromatic N) is 2. The van der Waals surface area contributed by atoms with Crippen LogP contribution in [0.25, 0.3) is 11.1 Å². The number of likely N-dealkylation sites (N-methyl/N-ethyl adjacent to an activating group) is 1. The average molecular weight is 219 g/mol. The molecule has 0 aliphatic carbocycles. The van der Waals surface area contributed by atoms with E-state index in [0.29, 0.717) is 5.58 Å². The molecule has 5 nitrogen and oxygen atoms in total. The van der Waals surface area contributed by atoms with Crippen LogP contribution in [0.1, 0.15) is 18.4 Å². The molecule has 5 heteroatoms. The maximum absolute atomic E-state index is 11.7. The molecule has 1 aromatic heterocycles. The summed E-state index contributed by atoms with van der Waals surface area (Å²) in [7, 11) is 1.53. The van der Waals surface area contributed by atoms with Crippen LogP contribution in [-0.2, 0) is 4.79 Å². The lowest BCUT2D eigenvalue weighted by molar-refractivity contribution is -0.131. The minimum absolute atomic E-state index is 0.140. The molecule has 1 aromatic carbocycles. The van der Waals surface area contributed by atoms with Gasteiger partial charge in [-0.05, 0) is 24.6 Å². The number of oxazole rings is 1. The first kappa shape index (κ1) is 10.6. The Morgan fingerprint density at radius 2 is 2.31 bits per heavy atom. The molecule has 1 amide bonds. The van der Waals surface area contributed by atoms with Gasteiger partial charge in [-0.2, -0.15) is 0 Å². The third-order valence-electron chi connectivity index (χ3n) is 2.57. The second kappa shape index (κ2) is 3.94. The van der Waals surface area contributed by atoms with Crippen molar-refractivity contribution in [2.45, 2.75) is 12.8 Å². The van der Waals surface area contributed by atoms with Crippen molar-refractivity contribution in [2.75, 3.05) is 7.05 Å². The number of carbonyl (C=O) groups excluding carboxylic acids is 1. The first-order valence-electron chi connectivity index (χ1n) is 4.95. The fourth-order valence-electron chi connectivity index (χ4n) is 1.59. The highest BCUT2D eigenvalue weighted by molar-refractivity contribution is 5.84. The Morgan fingerprint density at radius 1 is 1.56 bits per heavy atom. The third kappa shape index (κ3) is 1.77. The number of benzene rings is 1. The van der Waals surface area contributed by atoms with Crippen molar-refractivity contribution in [3.05, 3.63) is 30.2 Å². The van der Waals surface area contributed by atoms with Crippen molar-refractivity contribution in [3.8, 4) is 0 Å². The molecule has 2 N–H and O–H groups in total. The summed E-state index contributed by atoms with van der Waals surface area (Å²) in [5.41, 5.74) is 2.33. The van der Waals surface area contributed by atoms with Gasteiger partial charge in [-0.25, -0.2) is 10.8 Å². The van der Waals surface area contributed by atoms with Gasteiger partial charge >= 0.3 is 0 Å². The molecule has 0 aliphatic heterocycles. The number of fused-ring (bicyclic) bond motifs is 1. The minimum Gasteiger partial charge on any atom is -0.443 e. The minimum atomic E-state index is -0.288. The van der Waals surface area contributed by atoms with Gasteiger partial charge in [-0.3, -0.25) is 9.80 Å². The third-order valence-corrected chi connectivity index (χ3v) is 2.57. The van der Waals surface area contributed by atoms with E-state index in [9.17, 15) is 4.79 Å². The quantitative estimate of drug-likeness (QED) is 0.469. The Balaban J connectivity index is 2.35. The number of nitrogens with two attached hydrogens (primary N) is 1. The standard InChI is InChI=1S/C11H13N3O2/c1-7(11(15)14(2)12)8-3-4-9-10(5-8)16-6-13-9/h3-7H,12H2,1-2H3. The van der Waals surface area contributed by atoms with Crippen molar-refractivity contribution >= 4 is 17.0 Å². The zero-order valence-corrected chi connectivity index (χ0v) is 9.18. The monoisotopic (exact) mass is 219 g/mol. The summed E-state index contributed by atoms with van der Waals surface area (Å²) in [6.07, 6.45) is 1.38. The van der Waals surface area contributed by atoms with E-state index in [1.165, 1.54) is 13.4 Å². The van der Waals surface area contributed by atoms with Crippen LogP contribution in [0, 0.1) is 0 Å². The summed E-state index contributed by atoms with van der Waals surface area (Å²) in [6.45, 7) is 1.81. The molecule has 1 unspecified atom stereocenters. The fraction of sp³-hybridized carbons (Fsp3) is 0.273. The SMILES string of the molecule is CC(C(=O)N(C)N)c1ccc2ncoc2c1. The van der Waals surface area contributed by atoms with Crippen LogP contribution < -0.4 is 5.84 Å². The lowest BCUT2D eigenvalue weighted by atomic mass is 10.00. The van der Waals surface area contributed by atoms with Crippen LogP contribution in [-0.4, -0.2) is 22.9 Å². The lowest BCUT2D eigenvalue weighted by Crippen LogP contribution is -2.36. The largest absolute Gasteiger partial charge is 0.443 e. The van der Waals surface area contributed by atoms with E-state index >= 15 is 0 Å². The maximum atomic E-state index is 11.7. The van der Waals surface area contributed by atoms with E-state index in [0.717, 1.165) is 16.1 Å². The number of hydrazine groups is 1. The van der Waals surface area contributed by atoms with Crippen molar-refractivity contribution in [1.82, 2.24) is 9.99 Å². The van der Waals surface area contributed by atoms with Gasteiger partial charge in [0.05, 0.1) is 5.92 Å². The number of carbonyl (C=O) groups is 1. The summed E-state index contributed by atoms with van der Waals surface area (Å²) in [6, 6.07) is 5.50. The highest BCUT2D eigenvalue weighted by Crippen LogP contribution is 2.21. The van der Waals surface area contributed by atoms with Crippen molar-refractivity contribution in [2.24, 2.45) is 5.84 Å². The molecule has 0 aliphatic rings. The molecule has 0 fully saturated rings. The van der Waals surface area contributed by atoms with Gasteiger partial charge in [-0.1, -0.05) is 6.07 Å². The zero-order valence-electron chi connectivity index (χ0n) is 9.18. The topological polar surface area (TPSA) is 72.4 Å². The molecule has 84 valence electrons. The van der Waals surface area contributed by atoms with E-state index in [-0.39, 0.29) is 11.8 Å². The Bertz CT molecular complexity index is 519. The van der Waals surface area contributed by atoms with Crippen LogP contribution in [0.15, 0.2) is 29.0 Å². The van der Waals surface area contributed by atoms with Crippen molar-refractivity contribution < 1.29 is 9.21 Å². The van der Waals surface area contributed by atoms with Gasteiger partial charge in [0.1, 0.15) is 5.52 Å². The number of rotatable bonds is 2. The highest BCUT2D eigenvalue weighted by atomic mass is 16.3. The van der Waals surface area contributed by atoms with E-state index in [1.807, 2.05) is 25.1 Å². The Kier molecular flexibility index (Phi) is 2.62. The van der Waals surface area contributed by atoms with Crippen molar-refractivity contribution in [1.29, 1.82) is 0 Å². The van der Waals surface area contributed by atoms with Crippen LogP contribution in [0.2, 0.25) is 0 Å². The molecule has 2 rings (SSSR count). The summed E-state index contributed by atoms with van der Waals surface area (Å²) in [5, 5.41) is 1.09. The Hall–Kier alpha value is -1.88. The maximum Gasteiger partial charge on any atom is 0.243 e. The molecular weight excluding hydrogens is 206 g/mol. The van der Waals surface area contributed by atoms with Gasteiger partial charge in [-0.15, -0.1) is 0 Å². The smallest absolute Gasteiger partial charge is 0.243 e. The highest BCUT2D eigenvalue weighted by Gasteiger charge is 2.18. The summed E-state index contributed by atoms with van der Waals surface area (Å²) in [5.74, 6) is 4.99. The second-order valence-electron chi connectivity index (χ2n) is 3.75. The predicted octanol–water partition coefficient (Wildman–Crippen LogP) is 1.26. The molecule has 0 saturated carbocycles. The van der Waals surface area contributed by atoms with Gasteiger partial charge in [0.25, 0.3) is 0 Å². The number of hydrogen-bond donors (Lipinski definition) is 1. The molecule has 1 atom stereocenters. The lowest BCUT2D eigenvalue weighted by Gasteiger charge is -2.16. The molecule has 0 saturated heterocycles. The normalized spacial score (nSPS) is 12.7. The number of aromatic nitrogens is 1. The molecule has 0 bridgehead atoms. The zero-order chi connectivity index (χ0) is 11.7. The van der Waals surface area contributed by atoms with Gasteiger partial charge < -0.3 is 4.42 Å². The first-order chi connectivity index (χ1) is 7.59. The fourth-order valence-corrected chi connectivity index (χ4v) is 1.59. The molecular formula is C11H13N3O2. The summed E-state index contributed by atoms with van der Waals surface area (Å²) < 4.78 is 5.18. The number of amides is 1. The van der Waals surface area contributed by atoms with E-state index in [4.69, 9.17) is 10.3 Å².